The lowest BCUT2D eigenvalue weighted by molar-refractivity contribution is -0.155. The minimum absolute atomic E-state index is 0.142. The third kappa shape index (κ3) is 1.56. The Morgan fingerprint density at radius 1 is 0.957 bits per heavy atom. The number of fused-ring (bicyclic) bond motifs is 8. The molecule has 5 rings (SSSR count). The second kappa shape index (κ2) is 4.04. The molecule has 2 fully saturated rings. The summed E-state index contributed by atoms with van der Waals surface area (Å²) >= 11 is 0. The van der Waals surface area contributed by atoms with Crippen LogP contribution in [-0.4, -0.2) is 31.9 Å². The summed E-state index contributed by atoms with van der Waals surface area (Å²) in [4.78, 5) is 25.7. The zero-order chi connectivity index (χ0) is 15.9. The fraction of sp³-hybridized carbons (Fsp3) is 0.500. The van der Waals surface area contributed by atoms with Crippen molar-refractivity contribution < 1.29 is 9.47 Å². The van der Waals surface area contributed by atoms with Crippen LogP contribution < -0.4 is 11.4 Å². The third-order valence-electron chi connectivity index (χ3n) is 5.05. The summed E-state index contributed by atoms with van der Waals surface area (Å²) in [5, 5.41) is 0. The maximum atomic E-state index is 12.8. The molecule has 2 bridgehead atoms. The van der Waals surface area contributed by atoms with Gasteiger partial charge >= 0.3 is 11.4 Å². The van der Waals surface area contributed by atoms with Crippen molar-refractivity contribution in [3.63, 3.8) is 0 Å². The molecular weight excluding hydrogens is 298 g/mol. The van der Waals surface area contributed by atoms with Crippen molar-refractivity contribution in [1.82, 2.24) is 13.9 Å². The van der Waals surface area contributed by atoms with Gasteiger partial charge in [-0.05, 0) is 32.4 Å². The lowest BCUT2D eigenvalue weighted by Crippen LogP contribution is -2.41. The molecule has 2 aliphatic heterocycles. The van der Waals surface area contributed by atoms with Gasteiger partial charge in [-0.1, -0.05) is 18.2 Å². The van der Waals surface area contributed by atoms with E-state index in [1.807, 2.05) is 32.0 Å². The van der Waals surface area contributed by atoms with Crippen molar-refractivity contribution in [1.29, 1.82) is 0 Å². The van der Waals surface area contributed by atoms with Crippen molar-refractivity contribution in [3.05, 3.63) is 51.3 Å². The Morgan fingerprint density at radius 3 is 2.00 bits per heavy atom. The van der Waals surface area contributed by atoms with Crippen LogP contribution in [0.1, 0.15) is 32.4 Å². The highest BCUT2D eigenvalue weighted by Gasteiger charge is 2.61. The van der Waals surface area contributed by atoms with Gasteiger partial charge in [0, 0.05) is 0 Å². The third-order valence-corrected chi connectivity index (χ3v) is 5.05. The normalized spacial score (nSPS) is 33.0. The SMILES string of the molecule is CC1(C)OC2C(O1)C1CC2n2c(=O)n(-c3ccccc3)c(=O)n21. The molecule has 1 aromatic heterocycles. The first kappa shape index (κ1) is 13.3. The molecule has 1 saturated carbocycles. The van der Waals surface area contributed by atoms with E-state index in [2.05, 4.69) is 0 Å². The van der Waals surface area contributed by atoms with Crippen molar-refractivity contribution in [2.75, 3.05) is 0 Å². The van der Waals surface area contributed by atoms with Crippen molar-refractivity contribution in [2.24, 2.45) is 0 Å². The smallest absolute Gasteiger partial charge is 0.342 e. The van der Waals surface area contributed by atoms with E-state index in [1.165, 1.54) is 4.57 Å². The molecule has 1 aliphatic carbocycles. The highest BCUT2D eigenvalue weighted by molar-refractivity contribution is 5.31. The Bertz CT molecular complexity index is 856. The summed E-state index contributed by atoms with van der Waals surface area (Å²) in [5.41, 5.74) is -0.0236. The van der Waals surface area contributed by atoms with E-state index in [0.29, 0.717) is 12.1 Å². The van der Waals surface area contributed by atoms with E-state index in [0.717, 1.165) is 0 Å². The lowest BCUT2D eigenvalue weighted by Gasteiger charge is -2.23. The molecule has 3 aliphatic rings. The van der Waals surface area contributed by atoms with Crippen molar-refractivity contribution in [3.8, 4) is 5.69 Å². The van der Waals surface area contributed by atoms with Gasteiger partial charge in [0.2, 0.25) is 0 Å². The van der Waals surface area contributed by atoms with Gasteiger partial charge in [0.05, 0.1) is 17.8 Å². The highest BCUT2D eigenvalue weighted by atomic mass is 16.8. The number of hydrogen-bond acceptors (Lipinski definition) is 4. The summed E-state index contributed by atoms with van der Waals surface area (Å²) in [6.07, 6.45) is 0.378. The number of rotatable bonds is 1. The molecule has 1 saturated heterocycles. The summed E-state index contributed by atoms with van der Waals surface area (Å²) in [6.45, 7) is 3.73. The molecular formula is C16H17N3O4. The van der Waals surface area contributed by atoms with Gasteiger partial charge in [-0.25, -0.2) is 23.5 Å². The second-order valence-electron chi connectivity index (χ2n) is 6.86. The summed E-state index contributed by atoms with van der Waals surface area (Å²) in [6, 6.07) is 8.72. The number of benzene rings is 1. The summed E-state index contributed by atoms with van der Waals surface area (Å²) in [5.74, 6) is -0.668. The van der Waals surface area contributed by atoms with E-state index in [-0.39, 0.29) is 35.7 Å². The number of ether oxygens (including phenoxy) is 2. The number of hydrogen-bond donors (Lipinski definition) is 0. The molecule has 2 aromatic rings. The Kier molecular flexibility index (Phi) is 2.34. The maximum absolute atomic E-state index is 12.8. The van der Waals surface area contributed by atoms with Crippen LogP contribution in [0.5, 0.6) is 0 Å². The van der Waals surface area contributed by atoms with Crippen LogP contribution in [-0.2, 0) is 9.47 Å². The molecule has 7 nitrogen and oxygen atoms in total. The topological polar surface area (TPSA) is 67.4 Å². The van der Waals surface area contributed by atoms with Crippen LogP contribution >= 0.6 is 0 Å². The Hall–Kier alpha value is -2.12. The zero-order valence-corrected chi connectivity index (χ0v) is 12.9. The fourth-order valence-electron chi connectivity index (χ4n) is 4.28. The first-order chi connectivity index (χ1) is 11.0. The van der Waals surface area contributed by atoms with E-state index < -0.39 is 5.79 Å². The Labute approximate surface area is 131 Å². The molecule has 4 atom stereocenters. The van der Waals surface area contributed by atoms with E-state index >= 15 is 0 Å². The quantitative estimate of drug-likeness (QED) is 0.781. The molecule has 0 radical (unpaired) electrons. The zero-order valence-electron chi connectivity index (χ0n) is 12.9. The molecule has 0 spiro atoms. The monoisotopic (exact) mass is 315 g/mol. The van der Waals surface area contributed by atoms with Crippen LogP contribution in [0.3, 0.4) is 0 Å². The average molecular weight is 315 g/mol. The minimum Gasteiger partial charge on any atom is -0.342 e. The van der Waals surface area contributed by atoms with Crippen LogP contribution in [0.25, 0.3) is 5.69 Å². The lowest BCUT2D eigenvalue weighted by atomic mass is 10.2. The summed E-state index contributed by atoms with van der Waals surface area (Å²) < 4.78 is 16.3. The van der Waals surface area contributed by atoms with Gasteiger partial charge in [-0.2, -0.15) is 0 Å². The highest BCUT2D eigenvalue weighted by Crippen LogP contribution is 2.51. The van der Waals surface area contributed by atoms with Gasteiger partial charge in [0.25, 0.3) is 0 Å². The standard InChI is InChI=1S/C16H17N3O4/c1-16(2)22-12-10-8-11(13(12)23-16)19-15(21)17(14(20)18(10)19)9-6-4-3-5-7-9/h3-7,10-13H,8H2,1-2H3. The number of nitrogens with zero attached hydrogens (tertiary/aromatic N) is 3. The second-order valence-corrected chi connectivity index (χ2v) is 6.86. The van der Waals surface area contributed by atoms with Crippen molar-refractivity contribution >= 4 is 0 Å². The molecule has 0 amide bonds. The van der Waals surface area contributed by atoms with Gasteiger partial charge in [-0.3, -0.25) is 0 Å². The number of para-hydroxylation sites is 1. The van der Waals surface area contributed by atoms with Crippen LogP contribution in [0.4, 0.5) is 0 Å². The largest absolute Gasteiger partial charge is 0.352 e. The molecule has 3 heterocycles. The van der Waals surface area contributed by atoms with E-state index in [4.69, 9.17) is 9.47 Å². The van der Waals surface area contributed by atoms with Crippen LogP contribution in [0.15, 0.2) is 39.9 Å². The van der Waals surface area contributed by atoms with Gasteiger partial charge in [0.15, 0.2) is 5.79 Å². The van der Waals surface area contributed by atoms with E-state index in [1.54, 1.807) is 21.5 Å². The number of aromatic nitrogens is 3. The predicted octanol–water partition coefficient (Wildman–Crippen LogP) is 0.820. The average Bonchev–Trinajstić information content (AvgIpc) is 3.19. The minimum atomic E-state index is -0.668. The summed E-state index contributed by atoms with van der Waals surface area (Å²) in [7, 11) is 0. The Balaban J connectivity index is 1.69. The molecule has 7 heteroatoms. The first-order valence-corrected chi connectivity index (χ1v) is 7.85. The van der Waals surface area contributed by atoms with Gasteiger partial charge < -0.3 is 9.47 Å². The maximum Gasteiger partial charge on any atom is 0.352 e. The first-order valence-electron chi connectivity index (χ1n) is 7.85. The van der Waals surface area contributed by atoms with E-state index in [9.17, 15) is 9.59 Å². The van der Waals surface area contributed by atoms with Crippen LogP contribution in [0, 0.1) is 0 Å². The van der Waals surface area contributed by atoms with Gasteiger partial charge in [-0.15, -0.1) is 0 Å². The van der Waals surface area contributed by atoms with Crippen molar-refractivity contribution in [2.45, 2.75) is 50.3 Å². The molecule has 120 valence electrons. The molecule has 1 aromatic carbocycles. The fourth-order valence-corrected chi connectivity index (χ4v) is 4.28. The van der Waals surface area contributed by atoms with Crippen LogP contribution in [0.2, 0.25) is 0 Å². The molecule has 0 N–H and O–H groups in total. The van der Waals surface area contributed by atoms with Gasteiger partial charge in [0.1, 0.15) is 12.2 Å². The Morgan fingerprint density at radius 2 is 1.48 bits per heavy atom. The predicted molar refractivity (Wildman–Crippen MR) is 80.8 cm³/mol. The molecule has 4 unspecified atom stereocenters. The molecule has 23 heavy (non-hydrogen) atoms.